The topological polar surface area (TPSA) is 39.1 Å². The molecule has 1 heterocycles. The minimum Gasteiger partial charge on any atom is -0.383 e. The molecule has 1 N–H and O–H groups in total. The molecule has 4 nitrogen and oxygen atoms in total. The largest absolute Gasteiger partial charge is 0.383 e. The molecule has 2 rings (SSSR count). The van der Waals surface area contributed by atoms with Gasteiger partial charge in [-0.2, -0.15) is 5.10 Å². The molecule has 0 radical (unpaired) electrons. The van der Waals surface area contributed by atoms with Crippen LogP contribution in [0.3, 0.4) is 0 Å². The first kappa shape index (κ1) is 14.5. The molecule has 0 atom stereocenters. The molecule has 1 aromatic carbocycles. The number of ether oxygens (including phenoxy) is 1. The van der Waals surface area contributed by atoms with Gasteiger partial charge < -0.3 is 10.1 Å². The average molecular weight is 345 g/mol. The summed E-state index contributed by atoms with van der Waals surface area (Å²) in [5, 5.41) is 8.42. The van der Waals surface area contributed by atoms with E-state index < -0.39 is 0 Å². The SMILES string of the molecule is COCCNCc1ccn(-c2ccc(Br)c(Cl)c2)n1. The predicted octanol–water partition coefficient (Wildman–Crippen LogP) is 3.02. The van der Waals surface area contributed by atoms with Gasteiger partial charge in [0.05, 0.1) is 23.0 Å². The van der Waals surface area contributed by atoms with E-state index in [-0.39, 0.29) is 0 Å². The maximum atomic E-state index is 6.07. The van der Waals surface area contributed by atoms with Crippen LogP contribution in [0.1, 0.15) is 5.69 Å². The Hall–Kier alpha value is -0.880. The number of methoxy groups -OCH3 is 1. The van der Waals surface area contributed by atoms with Crippen molar-refractivity contribution >= 4 is 27.5 Å². The van der Waals surface area contributed by atoms with Gasteiger partial charge in [0.2, 0.25) is 0 Å². The second-order valence-electron chi connectivity index (χ2n) is 4.02. The summed E-state index contributed by atoms with van der Waals surface area (Å²) in [6.07, 6.45) is 1.92. The van der Waals surface area contributed by atoms with Gasteiger partial charge in [0, 0.05) is 30.9 Å². The van der Waals surface area contributed by atoms with Crippen LogP contribution in [-0.4, -0.2) is 30.0 Å². The smallest absolute Gasteiger partial charge is 0.0766 e. The van der Waals surface area contributed by atoms with Crippen LogP contribution < -0.4 is 5.32 Å². The third-order valence-electron chi connectivity index (χ3n) is 2.60. The van der Waals surface area contributed by atoms with E-state index in [0.29, 0.717) is 11.6 Å². The fourth-order valence-electron chi connectivity index (χ4n) is 1.62. The van der Waals surface area contributed by atoms with Crippen molar-refractivity contribution < 1.29 is 4.74 Å². The second-order valence-corrected chi connectivity index (χ2v) is 5.28. The van der Waals surface area contributed by atoms with Gasteiger partial charge in [0.15, 0.2) is 0 Å². The van der Waals surface area contributed by atoms with Crippen LogP contribution in [0.4, 0.5) is 0 Å². The Kier molecular flexibility index (Phi) is 5.39. The zero-order valence-corrected chi connectivity index (χ0v) is 12.9. The highest BCUT2D eigenvalue weighted by Crippen LogP contribution is 2.24. The number of rotatable bonds is 6. The highest BCUT2D eigenvalue weighted by Gasteiger charge is 2.03. The third kappa shape index (κ3) is 4.04. The van der Waals surface area contributed by atoms with Crippen molar-refractivity contribution in [2.24, 2.45) is 0 Å². The van der Waals surface area contributed by atoms with Crippen molar-refractivity contribution in [2.45, 2.75) is 6.54 Å². The summed E-state index contributed by atoms with van der Waals surface area (Å²) in [6, 6.07) is 7.73. The van der Waals surface area contributed by atoms with Gasteiger partial charge in [0.25, 0.3) is 0 Å². The molecule has 0 fully saturated rings. The normalized spacial score (nSPS) is 10.9. The summed E-state index contributed by atoms with van der Waals surface area (Å²) in [5.41, 5.74) is 1.92. The van der Waals surface area contributed by atoms with Crippen LogP contribution in [0.15, 0.2) is 34.9 Å². The predicted molar refractivity (Wildman–Crippen MR) is 79.9 cm³/mol. The molecule has 0 aliphatic carbocycles. The maximum Gasteiger partial charge on any atom is 0.0766 e. The van der Waals surface area contributed by atoms with Crippen molar-refractivity contribution in [3.8, 4) is 5.69 Å². The van der Waals surface area contributed by atoms with Gasteiger partial charge in [-0.25, -0.2) is 4.68 Å². The fraction of sp³-hybridized carbons (Fsp3) is 0.308. The molecule has 6 heteroatoms. The van der Waals surface area contributed by atoms with Gasteiger partial charge in [-0.05, 0) is 40.2 Å². The fourth-order valence-corrected chi connectivity index (χ4v) is 2.04. The minimum atomic E-state index is 0.674. The second kappa shape index (κ2) is 7.05. The molecular formula is C13H15BrClN3O. The van der Waals surface area contributed by atoms with Crippen molar-refractivity contribution in [1.29, 1.82) is 0 Å². The lowest BCUT2D eigenvalue weighted by atomic mass is 10.3. The van der Waals surface area contributed by atoms with Crippen LogP contribution in [0.2, 0.25) is 5.02 Å². The number of hydrogen-bond donors (Lipinski definition) is 1. The lowest BCUT2D eigenvalue weighted by Crippen LogP contribution is -2.18. The molecule has 0 aliphatic heterocycles. The Bertz CT molecular complexity index is 544. The average Bonchev–Trinajstić information content (AvgIpc) is 2.87. The Balaban J connectivity index is 2.01. The molecule has 0 amide bonds. The molecule has 102 valence electrons. The number of hydrogen-bond acceptors (Lipinski definition) is 3. The quantitative estimate of drug-likeness (QED) is 0.819. The minimum absolute atomic E-state index is 0.674. The van der Waals surface area contributed by atoms with E-state index in [1.807, 2.05) is 35.1 Å². The Morgan fingerprint density at radius 1 is 1.42 bits per heavy atom. The molecule has 0 saturated carbocycles. The van der Waals surface area contributed by atoms with Crippen molar-refractivity contribution in [3.63, 3.8) is 0 Å². The summed E-state index contributed by atoms with van der Waals surface area (Å²) in [7, 11) is 1.69. The lowest BCUT2D eigenvalue weighted by Gasteiger charge is -2.04. The molecule has 2 aromatic rings. The first-order valence-electron chi connectivity index (χ1n) is 5.90. The molecule has 19 heavy (non-hydrogen) atoms. The first-order valence-corrected chi connectivity index (χ1v) is 7.07. The van der Waals surface area contributed by atoms with Crippen LogP contribution in [0, 0.1) is 0 Å². The van der Waals surface area contributed by atoms with Gasteiger partial charge in [-0.3, -0.25) is 0 Å². The Labute approximate surface area is 125 Å². The van der Waals surface area contributed by atoms with Gasteiger partial charge in [-0.1, -0.05) is 11.6 Å². The van der Waals surface area contributed by atoms with Gasteiger partial charge in [-0.15, -0.1) is 0 Å². The van der Waals surface area contributed by atoms with Crippen LogP contribution in [-0.2, 0) is 11.3 Å². The Morgan fingerprint density at radius 3 is 3.00 bits per heavy atom. The van der Waals surface area contributed by atoms with Gasteiger partial charge in [0.1, 0.15) is 0 Å². The number of benzene rings is 1. The van der Waals surface area contributed by atoms with E-state index >= 15 is 0 Å². The van der Waals surface area contributed by atoms with Crippen molar-refractivity contribution in [3.05, 3.63) is 45.7 Å². The van der Waals surface area contributed by atoms with E-state index in [2.05, 4.69) is 26.3 Å². The molecule has 0 spiro atoms. The van der Waals surface area contributed by atoms with Crippen molar-refractivity contribution in [1.82, 2.24) is 15.1 Å². The molecule has 0 bridgehead atoms. The molecule has 0 unspecified atom stereocenters. The zero-order valence-electron chi connectivity index (χ0n) is 10.6. The highest BCUT2D eigenvalue weighted by molar-refractivity contribution is 9.10. The Morgan fingerprint density at radius 2 is 2.26 bits per heavy atom. The van der Waals surface area contributed by atoms with Crippen LogP contribution >= 0.6 is 27.5 Å². The number of aromatic nitrogens is 2. The van der Waals surface area contributed by atoms with Gasteiger partial charge >= 0.3 is 0 Å². The maximum absolute atomic E-state index is 6.07. The van der Waals surface area contributed by atoms with E-state index in [1.165, 1.54) is 0 Å². The summed E-state index contributed by atoms with van der Waals surface area (Å²) < 4.78 is 7.66. The van der Waals surface area contributed by atoms with E-state index in [0.717, 1.165) is 28.9 Å². The summed E-state index contributed by atoms with van der Waals surface area (Å²) in [4.78, 5) is 0. The van der Waals surface area contributed by atoms with E-state index in [4.69, 9.17) is 16.3 Å². The molecule has 0 saturated heterocycles. The number of nitrogens with zero attached hydrogens (tertiary/aromatic N) is 2. The standard InChI is InChI=1S/C13H15BrClN3O/c1-19-7-5-16-9-10-4-6-18(17-10)11-2-3-12(14)13(15)8-11/h2-4,6,8,16H,5,7,9H2,1H3. The van der Waals surface area contributed by atoms with Crippen LogP contribution in [0.5, 0.6) is 0 Å². The number of halogens is 2. The van der Waals surface area contributed by atoms with E-state index in [9.17, 15) is 0 Å². The highest BCUT2D eigenvalue weighted by atomic mass is 79.9. The zero-order chi connectivity index (χ0) is 13.7. The van der Waals surface area contributed by atoms with Crippen molar-refractivity contribution in [2.75, 3.05) is 20.3 Å². The van der Waals surface area contributed by atoms with E-state index in [1.54, 1.807) is 7.11 Å². The molecule has 0 aliphatic rings. The monoisotopic (exact) mass is 343 g/mol. The lowest BCUT2D eigenvalue weighted by molar-refractivity contribution is 0.199. The molecule has 1 aromatic heterocycles. The first-order chi connectivity index (χ1) is 9.20. The third-order valence-corrected chi connectivity index (χ3v) is 3.83. The van der Waals surface area contributed by atoms with Crippen LogP contribution in [0.25, 0.3) is 5.69 Å². The summed E-state index contributed by atoms with van der Waals surface area (Å²) in [5.74, 6) is 0. The molecular weight excluding hydrogens is 330 g/mol. The summed E-state index contributed by atoms with van der Waals surface area (Å²) >= 11 is 9.45. The summed E-state index contributed by atoms with van der Waals surface area (Å²) in [6.45, 7) is 2.23. The number of nitrogens with one attached hydrogen (secondary N) is 1.